The minimum atomic E-state index is 0.230. The molecule has 1 aromatic heterocycles. The van der Waals surface area contributed by atoms with Gasteiger partial charge in [-0.05, 0) is 24.8 Å². The third-order valence-electron chi connectivity index (χ3n) is 1.57. The van der Waals surface area contributed by atoms with Gasteiger partial charge in [-0.3, -0.25) is 4.79 Å². The average molecular weight is 180 g/mol. The molecule has 0 spiro atoms. The van der Waals surface area contributed by atoms with E-state index in [9.17, 15) is 4.79 Å². The van der Waals surface area contributed by atoms with Crippen LogP contribution in [0.5, 0.6) is 0 Å². The minimum absolute atomic E-state index is 0.230. The first-order chi connectivity index (χ1) is 5.70. The quantitative estimate of drug-likeness (QED) is 0.513. The van der Waals surface area contributed by atoms with E-state index in [1.54, 1.807) is 0 Å². The Kier molecular flexibility index (Phi) is 3.23. The normalized spacial score (nSPS) is 9.75. The van der Waals surface area contributed by atoms with Crippen LogP contribution in [-0.2, 0) is 0 Å². The van der Waals surface area contributed by atoms with E-state index in [0.29, 0.717) is 6.42 Å². The number of carbonyl (C=O) groups excluding carboxylic acids is 1. The second-order valence-electron chi connectivity index (χ2n) is 2.86. The molecule has 0 N–H and O–H groups in total. The lowest BCUT2D eigenvalue weighted by atomic mass is 10.1. The Morgan fingerprint density at radius 3 is 2.83 bits per heavy atom. The van der Waals surface area contributed by atoms with E-state index in [2.05, 4.69) is 6.58 Å². The van der Waals surface area contributed by atoms with Gasteiger partial charge >= 0.3 is 0 Å². The summed E-state index contributed by atoms with van der Waals surface area (Å²) in [5.41, 5.74) is 1.07. The van der Waals surface area contributed by atoms with Gasteiger partial charge in [-0.25, -0.2) is 0 Å². The van der Waals surface area contributed by atoms with Crippen LogP contribution in [-0.4, -0.2) is 5.78 Å². The van der Waals surface area contributed by atoms with Crippen LogP contribution in [0, 0.1) is 0 Å². The molecule has 64 valence electrons. The van der Waals surface area contributed by atoms with Crippen molar-refractivity contribution in [2.45, 2.75) is 19.8 Å². The van der Waals surface area contributed by atoms with Gasteiger partial charge in [0, 0.05) is 6.42 Å². The topological polar surface area (TPSA) is 17.1 Å². The van der Waals surface area contributed by atoms with Crippen LogP contribution in [0.3, 0.4) is 0 Å². The van der Waals surface area contributed by atoms with E-state index >= 15 is 0 Å². The first kappa shape index (κ1) is 9.20. The molecule has 0 atom stereocenters. The summed E-state index contributed by atoms with van der Waals surface area (Å²) in [6.45, 7) is 5.71. The van der Waals surface area contributed by atoms with Crippen molar-refractivity contribution in [3.63, 3.8) is 0 Å². The van der Waals surface area contributed by atoms with Crippen LogP contribution < -0.4 is 0 Å². The average Bonchev–Trinajstić information content (AvgIpc) is 2.51. The fraction of sp³-hybridized carbons (Fsp3) is 0.300. The number of Topliss-reactive ketones (excluding diaryl/α,β-unsaturated/α-hetero) is 1. The predicted molar refractivity (Wildman–Crippen MR) is 52.7 cm³/mol. The molecule has 0 aliphatic rings. The molecular formula is C10H12OS. The van der Waals surface area contributed by atoms with Crippen molar-refractivity contribution in [1.29, 1.82) is 0 Å². The number of rotatable bonds is 4. The van der Waals surface area contributed by atoms with E-state index in [1.165, 1.54) is 11.3 Å². The van der Waals surface area contributed by atoms with E-state index in [4.69, 9.17) is 0 Å². The molecule has 0 aliphatic carbocycles. The maximum absolute atomic E-state index is 11.4. The summed E-state index contributed by atoms with van der Waals surface area (Å²) in [6, 6.07) is 3.77. The molecule has 1 rings (SSSR count). The van der Waals surface area contributed by atoms with Gasteiger partial charge < -0.3 is 0 Å². The Labute approximate surface area is 76.7 Å². The number of ketones is 1. The number of thiophene rings is 1. The largest absolute Gasteiger partial charge is 0.293 e. The minimum Gasteiger partial charge on any atom is -0.293 e. The standard InChI is InChI=1S/C10H12OS/c1-8(2)5-6-9(11)10-4-3-7-12-10/h3-4,7H,1,5-6H2,2H3. The molecule has 0 aromatic carbocycles. The van der Waals surface area contributed by atoms with Gasteiger partial charge in [0.25, 0.3) is 0 Å². The Balaban J connectivity index is 2.45. The summed E-state index contributed by atoms with van der Waals surface area (Å²) in [6.07, 6.45) is 1.40. The molecule has 0 radical (unpaired) electrons. The summed E-state index contributed by atoms with van der Waals surface area (Å²) in [7, 11) is 0. The first-order valence-corrected chi connectivity index (χ1v) is 4.79. The summed E-state index contributed by atoms with van der Waals surface area (Å²) in [5.74, 6) is 0.230. The summed E-state index contributed by atoms with van der Waals surface area (Å²) >= 11 is 1.50. The van der Waals surface area contributed by atoms with Gasteiger partial charge in [0.1, 0.15) is 0 Å². The van der Waals surface area contributed by atoms with Gasteiger partial charge in [0.2, 0.25) is 0 Å². The maximum atomic E-state index is 11.4. The molecule has 0 unspecified atom stereocenters. The monoisotopic (exact) mass is 180 g/mol. The lowest BCUT2D eigenvalue weighted by Crippen LogP contribution is -1.95. The highest BCUT2D eigenvalue weighted by atomic mass is 32.1. The van der Waals surface area contributed by atoms with Gasteiger partial charge in [0.15, 0.2) is 5.78 Å². The Bertz CT molecular complexity index is 272. The van der Waals surface area contributed by atoms with Gasteiger partial charge in [-0.2, -0.15) is 0 Å². The second-order valence-corrected chi connectivity index (χ2v) is 3.81. The number of hydrogen-bond donors (Lipinski definition) is 0. The van der Waals surface area contributed by atoms with Crippen LogP contribution in [0.15, 0.2) is 29.7 Å². The molecule has 0 bridgehead atoms. The van der Waals surface area contributed by atoms with Crippen molar-refractivity contribution in [3.8, 4) is 0 Å². The fourth-order valence-corrected chi connectivity index (χ4v) is 1.58. The Morgan fingerprint density at radius 2 is 2.33 bits per heavy atom. The van der Waals surface area contributed by atoms with Gasteiger partial charge in [-0.1, -0.05) is 11.6 Å². The highest BCUT2D eigenvalue weighted by Crippen LogP contribution is 2.13. The molecule has 0 amide bonds. The van der Waals surface area contributed by atoms with Crippen molar-refractivity contribution in [3.05, 3.63) is 34.5 Å². The molecule has 1 aromatic rings. The molecule has 0 aliphatic heterocycles. The van der Waals surface area contributed by atoms with Gasteiger partial charge in [0.05, 0.1) is 4.88 Å². The molecule has 0 fully saturated rings. The molecule has 2 heteroatoms. The lowest BCUT2D eigenvalue weighted by Gasteiger charge is -1.96. The number of allylic oxidation sites excluding steroid dienone is 1. The lowest BCUT2D eigenvalue weighted by molar-refractivity contribution is 0.0986. The zero-order valence-corrected chi connectivity index (χ0v) is 7.99. The smallest absolute Gasteiger partial charge is 0.173 e. The van der Waals surface area contributed by atoms with E-state index in [1.807, 2.05) is 24.4 Å². The summed E-state index contributed by atoms with van der Waals surface area (Å²) in [5, 5.41) is 1.92. The highest BCUT2D eigenvalue weighted by Gasteiger charge is 2.05. The van der Waals surface area contributed by atoms with Crippen molar-refractivity contribution in [2.75, 3.05) is 0 Å². The molecule has 12 heavy (non-hydrogen) atoms. The van der Waals surface area contributed by atoms with Crippen LogP contribution in [0.25, 0.3) is 0 Å². The van der Waals surface area contributed by atoms with E-state index in [-0.39, 0.29) is 5.78 Å². The number of carbonyl (C=O) groups is 1. The third-order valence-corrected chi connectivity index (χ3v) is 2.49. The van der Waals surface area contributed by atoms with Crippen LogP contribution >= 0.6 is 11.3 Å². The van der Waals surface area contributed by atoms with Gasteiger partial charge in [-0.15, -0.1) is 17.9 Å². The number of hydrogen-bond acceptors (Lipinski definition) is 2. The van der Waals surface area contributed by atoms with Crippen LogP contribution in [0.2, 0.25) is 0 Å². The van der Waals surface area contributed by atoms with Crippen molar-refractivity contribution < 1.29 is 4.79 Å². The Morgan fingerprint density at radius 1 is 1.58 bits per heavy atom. The molecule has 1 heterocycles. The zero-order valence-electron chi connectivity index (χ0n) is 7.17. The molecule has 0 saturated carbocycles. The molecule has 0 saturated heterocycles. The van der Waals surface area contributed by atoms with Crippen molar-refractivity contribution >= 4 is 17.1 Å². The first-order valence-electron chi connectivity index (χ1n) is 3.91. The van der Waals surface area contributed by atoms with Crippen molar-refractivity contribution in [2.24, 2.45) is 0 Å². The van der Waals surface area contributed by atoms with Crippen molar-refractivity contribution in [1.82, 2.24) is 0 Å². The third kappa shape index (κ3) is 2.62. The summed E-state index contributed by atoms with van der Waals surface area (Å²) in [4.78, 5) is 12.2. The molecular weight excluding hydrogens is 168 g/mol. The summed E-state index contributed by atoms with van der Waals surface area (Å²) < 4.78 is 0. The second kappa shape index (κ2) is 4.21. The molecule has 1 nitrogen and oxygen atoms in total. The highest BCUT2D eigenvalue weighted by molar-refractivity contribution is 7.12. The van der Waals surface area contributed by atoms with E-state index < -0.39 is 0 Å². The predicted octanol–water partition coefficient (Wildman–Crippen LogP) is 3.29. The van der Waals surface area contributed by atoms with E-state index in [0.717, 1.165) is 16.9 Å². The SMILES string of the molecule is C=C(C)CCC(=O)c1cccs1. The maximum Gasteiger partial charge on any atom is 0.173 e. The van der Waals surface area contributed by atoms with Crippen LogP contribution in [0.4, 0.5) is 0 Å². The Hall–Kier alpha value is -0.890. The zero-order chi connectivity index (χ0) is 8.97. The van der Waals surface area contributed by atoms with Crippen LogP contribution in [0.1, 0.15) is 29.4 Å². The fourth-order valence-electron chi connectivity index (χ4n) is 0.887.